The van der Waals surface area contributed by atoms with Crippen molar-refractivity contribution < 1.29 is 9.59 Å². The van der Waals surface area contributed by atoms with Gasteiger partial charge in [0.15, 0.2) is 0 Å². The van der Waals surface area contributed by atoms with E-state index in [9.17, 15) is 9.59 Å². The molecule has 3 aromatic rings. The standard InChI is InChI=1S/C30H36N2O2/c1-29(2,3)25-14-10-23(11-15-25)27(33)31-19-21-8-7-9-22(18-21)20-32-28(34)24-12-16-26(17-13-24)30(4,5)6/h7-18H,19-20H2,1-6H3,(H,31,33)(H,32,34). The zero-order valence-electron chi connectivity index (χ0n) is 21.2. The van der Waals surface area contributed by atoms with E-state index in [4.69, 9.17) is 0 Å². The molecule has 4 nitrogen and oxygen atoms in total. The largest absolute Gasteiger partial charge is 0.348 e. The van der Waals surface area contributed by atoms with E-state index in [1.165, 1.54) is 11.1 Å². The van der Waals surface area contributed by atoms with Crippen molar-refractivity contribution >= 4 is 11.8 Å². The molecule has 4 heteroatoms. The maximum Gasteiger partial charge on any atom is 0.251 e. The van der Waals surface area contributed by atoms with Gasteiger partial charge in [-0.15, -0.1) is 0 Å². The summed E-state index contributed by atoms with van der Waals surface area (Å²) >= 11 is 0. The van der Waals surface area contributed by atoms with Crippen LogP contribution in [-0.4, -0.2) is 11.8 Å². The average Bonchev–Trinajstić information content (AvgIpc) is 2.80. The van der Waals surface area contributed by atoms with Crippen molar-refractivity contribution in [3.05, 3.63) is 106 Å². The van der Waals surface area contributed by atoms with Gasteiger partial charge in [-0.1, -0.05) is 90.1 Å². The van der Waals surface area contributed by atoms with E-state index in [-0.39, 0.29) is 22.6 Å². The molecule has 0 aliphatic rings. The van der Waals surface area contributed by atoms with Crippen molar-refractivity contribution in [1.29, 1.82) is 0 Å². The average molecular weight is 457 g/mol. The highest BCUT2D eigenvalue weighted by molar-refractivity contribution is 5.94. The summed E-state index contributed by atoms with van der Waals surface area (Å²) in [6.07, 6.45) is 0. The number of benzene rings is 3. The molecular weight excluding hydrogens is 420 g/mol. The van der Waals surface area contributed by atoms with Gasteiger partial charge in [-0.2, -0.15) is 0 Å². The lowest BCUT2D eigenvalue weighted by Crippen LogP contribution is -2.24. The van der Waals surface area contributed by atoms with Gasteiger partial charge >= 0.3 is 0 Å². The van der Waals surface area contributed by atoms with Crippen molar-refractivity contribution in [2.45, 2.75) is 65.5 Å². The summed E-state index contributed by atoms with van der Waals surface area (Å²) in [6.45, 7) is 13.8. The monoisotopic (exact) mass is 456 g/mol. The van der Waals surface area contributed by atoms with Crippen molar-refractivity contribution in [2.75, 3.05) is 0 Å². The molecule has 3 rings (SSSR count). The second-order valence-corrected chi connectivity index (χ2v) is 10.8. The van der Waals surface area contributed by atoms with Gasteiger partial charge in [0, 0.05) is 24.2 Å². The Bertz CT molecular complexity index is 1040. The first-order valence-corrected chi connectivity index (χ1v) is 11.8. The number of amides is 2. The summed E-state index contributed by atoms with van der Waals surface area (Å²) in [5.74, 6) is -0.198. The maximum atomic E-state index is 12.6. The molecule has 0 unspecified atom stereocenters. The number of hydrogen-bond donors (Lipinski definition) is 2. The molecule has 0 fully saturated rings. The van der Waals surface area contributed by atoms with Crippen LogP contribution in [0.25, 0.3) is 0 Å². The molecule has 2 amide bonds. The van der Waals surface area contributed by atoms with E-state index < -0.39 is 0 Å². The summed E-state index contributed by atoms with van der Waals surface area (Å²) in [5.41, 5.74) is 5.78. The third kappa shape index (κ3) is 6.80. The van der Waals surface area contributed by atoms with E-state index in [0.29, 0.717) is 24.2 Å². The van der Waals surface area contributed by atoms with Gasteiger partial charge in [0.2, 0.25) is 0 Å². The summed E-state index contributed by atoms with van der Waals surface area (Å²) in [6, 6.07) is 23.4. The van der Waals surface area contributed by atoms with Gasteiger partial charge in [-0.25, -0.2) is 0 Å². The van der Waals surface area contributed by atoms with Crippen LogP contribution in [0.2, 0.25) is 0 Å². The predicted molar refractivity (Wildman–Crippen MR) is 139 cm³/mol. The van der Waals surface area contributed by atoms with Gasteiger partial charge in [0.05, 0.1) is 0 Å². The molecule has 0 atom stereocenters. The highest BCUT2D eigenvalue weighted by Gasteiger charge is 2.15. The van der Waals surface area contributed by atoms with Gasteiger partial charge in [0.25, 0.3) is 11.8 Å². The Balaban J connectivity index is 1.54. The minimum absolute atomic E-state index is 0.0563. The summed E-state index contributed by atoms with van der Waals surface area (Å²) in [5, 5.41) is 5.96. The Hall–Kier alpha value is -3.40. The predicted octanol–water partition coefficient (Wildman–Crippen LogP) is 6.14. The Morgan fingerprint density at radius 3 is 1.26 bits per heavy atom. The quantitative estimate of drug-likeness (QED) is 0.468. The van der Waals surface area contributed by atoms with Gasteiger partial charge < -0.3 is 10.6 Å². The first-order valence-electron chi connectivity index (χ1n) is 11.8. The summed E-state index contributed by atoms with van der Waals surface area (Å²) < 4.78 is 0. The minimum atomic E-state index is -0.0992. The smallest absolute Gasteiger partial charge is 0.251 e. The third-order valence-corrected chi connectivity index (χ3v) is 5.92. The summed E-state index contributed by atoms with van der Waals surface area (Å²) in [7, 11) is 0. The molecule has 0 aliphatic carbocycles. The molecular formula is C30H36N2O2. The van der Waals surface area contributed by atoms with E-state index in [0.717, 1.165) is 11.1 Å². The van der Waals surface area contributed by atoms with Crippen LogP contribution in [0, 0.1) is 0 Å². The number of rotatable bonds is 6. The molecule has 0 aliphatic heterocycles. The van der Waals surface area contributed by atoms with E-state index in [1.807, 2.05) is 72.8 Å². The fourth-order valence-electron chi connectivity index (χ4n) is 3.66. The van der Waals surface area contributed by atoms with Crippen molar-refractivity contribution in [1.82, 2.24) is 10.6 Å². The molecule has 0 bridgehead atoms. The fraction of sp³-hybridized carbons (Fsp3) is 0.333. The Morgan fingerprint density at radius 1 is 0.588 bits per heavy atom. The molecule has 0 aromatic heterocycles. The topological polar surface area (TPSA) is 58.2 Å². The van der Waals surface area contributed by atoms with E-state index in [1.54, 1.807) is 0 Å². The second-order valence-electron chi connectivity index (χ2n) is 10.8. The van der Waals surface area contributed by atoms with E-state index >= 15 is 0 Å². The zero-order valence-corrected chi connectivity index (χ0v) is 21.2. The van der Waals surface area contributed by atoms with Gasteiger partial charge in [-0.05, 0) is 57.3 Å². The van der Waals surface area contributed by atoms with Crippen LogP contribution >= 0.6 is 0 Å². The van der Waals surface area contributed by atoms with Crippen LogP contribution in [0.15, 0.2) is 72.8 Å². The number of carbonyl (C=O) groups is 2. The zero-order chi connectivity index (χ0) is 24.9. The summed E-state index contributed by atoms with van der Waals surface area (Å²) in [4.78, 5) is 25.1. The van der Waals surface area contributed by atoms with Gasteiger partial charge in [0.1, 0.15) is 0 Å². The van der Waals surface area contributed by atoms with Crippen LogP contribution in [0.1, 0.15) is 84.5 Å². The first-order chi connectivity index (χ1) is 15.9. The van der Waals surface area contributed by atoms with Crippen LogP contribution in [0.5, 0.6) is 0 Å². The molecule has 0 radical (unpaired) electrons. The second kappa shape index (κ2) is 10.3. The molecule has 0 heterocycles. The van der Waals surface area contributed by atoms with Crippen LogP contribution < -0.4 is 10.6 Å². The molecule has 3 aromatic carbocycles. The number of hydrogen-bond acceptors (Lipinski definition) is 2. The van der Waals surface area contributed by atoms with Gasteiger partial charge in [-0.3, -0.25) is 9.59 Å². The van der Waals surface area contributed by atoms with E-state index in [2.05, 4.69) is 52.2 Å². The number of nitrogens with one attached hydrogen (secondary N) is 2. The molecule has 0 saturated carbocycles. The third-order valence-electron chi connectivity index (χ3n) is 5.92. The Morgan fingerprint density at radius 2 is 0.941 bits per heavy atom. The van der Waals surface area contributed by atoms with Crippen LogP contribution in [0.4, 0.5) is 0 Å². The Kier molecular flexibility index (Phi) is 7.61. The SMILES string of the molecule is CC(C)(C)c1ccc(C(=O)NCc2cccc(CNC(=O)c3ccc(C(C)(C)C)cc3)c2)cc1. The lowest BCUT2D eigenvalue weighted by molar-refractivity contribution is 0.0943. The molecule has 178 valence electrons. The molecule has 2 N–H and O–H groups in total. The molecule has 0 saturated heterocycles. The molecule has 34 heavy (non-hydrogen) atoms. The minimum Gasteiger partial charge on any atom is -0.348 e. The normalized spacial score (nSPS) is 11.7. The lowest BCUT2D eigenvalue weighted by Gasteiger charge is -2.19. The molecule has 0 spiro atoms. The number of carbonyl (C=O) groups excluding carboxylic acids is 2. The van der Waals surface area contributed by atoms with Crippen molar-refractivity contribution in [3.8, 4) is 0 Å². The maximum absolute atomic E-state index is 12.6. The lowest BCUT2D eigenvalue weighted by atomic mass is 9.86. The first kappa shape index (κ1) is 25.2. The fourth-order valence-corrected chi connectivity index (χ4v) is 3.66. The highest BCUT2D eigenvalue weighted by atomic mass is 16.2. The van der Waals surface area contributed by atoms with Crippen LogP contribution in [-0.2, 0) is 23.9 Å². The van der Waals surface area contributed by atoms with Crippen molar-refractivity contribution in [3.63, 3.8) is 0 Å². The Labute approximate surface area is 203 Å². The van der Waals surface area contributed by atoms with Crippen molar-refractivity contribution in [2.24, 2.45) is 0 Å². The van der Waals surface area contributed by atoms with Crippen LogP contribution in [0.3, 0.4) is 0 Å². The highest BCUT2D eigenvalue weighted by Crippen LogP contribution is 2.23.